The van der Waals surface area contributed by atoms with Gasteiger partial charge in [-0.3, -0.25) is 0 Å². The first kappa shape index (κ1) is 16.1. The SMILES string of the molecule is Cc1ccc2c(NC3(C)CCC3)nc(=O)n(-c3ccccc3Cl)c2n1. The molecule has 1 saturated carbocycles. The molecule has 1 aliphatic rings. The van der Waals surface area contributed by atoms with Crippen LogP contribution in [0.1, 0.15) is 31.9 Å². The topological polar surface area (TPSA) is 59.8 Å². The van der Waals surface area contributed by atoms with E-state index in [0.717, 1.165) is 23.9 Å². The van der Waals surface area contributed by atoms with Gasteiger partial charge in [0.1, 0.15) is 5.82 Å². The molecule has 2 heterocycles. The Labute approximate surface area is 150 Å². The van der Waals surface area contributed by atoms with Gasteiger partial charge in [0.25, 0.3) is 0 Å². The van der Waals surface area contributed by atoms with Gasteiger partial charge in [0, 0.05) is 11.2 Å². The van der Waals surface area contributed by atoms with Gasteiger partial charge >= 0.3 is 5.69 Å². The number of fused-ring (bicyclic) bond motifs is 1. The van der Waals surface area contributed by atoms with Gasteiger partial charge in [-0.05, 0) is 57.4 Å². The zero-order valence-electron chi connectivity index (χ0n) is 14.2. The Morgan fingerprint density at radius 3 is 2.60 bits per heavy atom. The number of halogens is 1. The van der Waals surface area contributed by atoms with E-state index in [9.17, 15) is 4.79 Å². The average Bonchev–Trinajstić information content (AvgIpc) is 2.54. The van der Waals surface area contributed by atoms with E-state index in [1.165, 1.54) is 11.0 Å². The minimum Gasteiger partial charge on any atom is -0.364 e. The number of aryl methyl sites for hydroxylation is 1. The van der Waals surface area contributed by atoms with Crippen LogP contribution in [0.4, 0.5) is 5.82 Å². The smallest absolute Gasteiger partial charge is 0.355 e. The number of anilines is 1. The fraction of sp³-hybridized carbons (Fsp3) is 0.316. The second kappa shape index (κ2) is 5.85. The van der Waals surface area contributed by atoms with Gasteiger partial charge in [-0.15, -0.1) is 0 Å². The molecular formula is C19H19ClN4O. The lowest BCUT2D eigenvalue weighted by Gasteiger charge is -2.39. The van der Waals surface area contributed by atoms with Crippen LogP contribution in [0.2, 0.25) is 5.02 Å². The lowest BCUT2D eigenvalue weighted by Crippen LogP contribution is -2.42. The molecule has 1 N–H and O–H groups in total. The van der Waals surface area contributed by atoms with Gasteiger partial charge in [-0.2, -0.15) is 4.98 Å². The van der Waals surface area contributed by atoms with Crippen LogP contribution >= 0.6 is 11.6 Å². The molecule has 0 bridgehead atoms. The van der Waals surface area contributed by atoms with Crippen LogP contribution in [0.5, 0.6) is 0 Å². The van der Waals surface area contributed by atoms with Crippen molar-refractivity contribution in [3.8, 4) is 5.69 Å². The largest absolute Gasteiger partial charge is 0.364 e. The van der Waals surface area contributed by atoms with Crippen LogP contribution in [0, 0.1) is 6.92 Å². The summed E-state index contributed by atoms with van der Waals surface area (Å²) in [6.07, 6.45) is 3.33. The number of benzene rings is 1. The van der Waals surface area contributed by atoms with Crippen molar-refractivity contribution >= 4 is 28.5 Å². The number of para-hydroxylation sites is 1. The first-order valence-corrected chi connectivity index (χ1v) is 8.78. The zero-order valence-corrected chi connectivity index (χ0v) is 15.0. The molecule has 0 radical (unpaired) electrons. The van der Waals surface area contributed by atoms with E-state index in [-0.39, 0.29) is 11.2 Å². The van der Waals surface area contributed by atoms with Crippen LogP contribution in [-0.2, 0) is 0 Å². The molecule has 6 heteroatoms. The summed E-state index contributed by atoms with van der Waals surface area (Å²) < 4.78 is 1.49. The van der Waals surface area contributed by atoms with Gasteiger partial charge in [0.2, 0.25) is 0 Å². The van der Waals surface area contributed by atoms with Crippen molar-refractivity contribution in [2.75, 3.05) is 5.32 Å². The van der Waals surface area contributed by atoms with E-state index in [0.29, 0.717) is 22.2 Å². The second-order valence-electron chi connectivity index (χ2n) is 6.89. The number of hydrogen-bond acceptors (Lipinski definition) is 4. The molecule has 25 heavy (non-hydrogen) atoms. The van der Waals surface area contributed by atoms with E-state index in [1.807, 2.05) is 31.2 Å². The van der Waals surface area contributed by atoms with Gasteiger partial charge in [-0.1, -0.05) is 23.7 Å². The lowest BCUT2D eigenvalue weighted by molar-refractivity contribution is 0.306. The monoisotopic (exact) mass is 354 g/mol. The summed E-state index contributed by atoms with van der Waals surface area (Å²) in [4.78, 5) is 21.7. The highest BCUT2D eigenvalue weighted by Gasteiger charge is 2.32. The summed E-state index contributed by atoms with van der Waals surface area (Å²) in [5.74, 6) is 0.595. The molecule has 0 spiro atoms. The van der Waals surface area contributed by atoms with Gasteiger partial charge in [0.15, 0.2) is 5.65 Å². The molecule has 128 valence electrons. The van der Waals surface area contributed by atoms with E-state index in [1.54, 1.807) is 12.1 Å². The standard InChI is InChI=1S/C19H19ClN4O/c1-12-8-9-13-16(23-19(2)10-5-11-19)22-18(25)24(17(13)21-12)15-7-4-3-6-14(15)20/h3-4,6-9H,5,10-11H2,1-2H3,(H,22,23,25). The Hall–Kier alpha value is -2.40. The summed E-state index contributed by atoms with van der Waals surface area (Å²) in [7, 11) is 0. The Kier molecular flexibility index (Phi) is 3.76. The molecule has 0 aliphatic heterocycles. The highest BCUT2D eigenvalue weighted by atomic mass is 35.5. The summed E-state index contributed by atoms with van der Waals surface area (Å²) in [6, 6.07) is 11.1. The molecular weight excluding hydrogens is 336 g/mol. The Morgan fingerprint density at radius 1 is 1.16 bits per heavy atom. The van der Waals surface area contributed by atoms with Gasteiger partial charge in [0.05, 0.1) is 16.1 Å². The molecule has 4 rings (SSSR count). The fourth-order valence-corrected chi connectivity index (χ4v) is 3.48. The third kappa shape index (κ3) is 2.78. The average molecular weight is 355 g/mol. The maximum atomic E-state index is 12.8. The van der Waals surface area contributed by atoms with Crippen LogP contribution in [0.25, 0.3) is 16.7 Å². The van der Waals surface area contributed by atoms with Crippen LogP contribution in [-0.4, -0.2) is 20.1 Å². The number of pyridine rings is 1. The highest BCUT2D eigenvalue weighted by molar-refractivity contribution is 6.32. The summed E-state index contributed by atoms with van der Waals surface area (Å²) in [5.41, 5.74) is 1.60. The third-order valence-electron chi connectivity index (χ3n) is 4.85. The molecule has 3 aromatic rings. The molecule has 2 aromatic heterocycles. The van der Waals surface area contributed by atoms with Crippen molar-refractivity contribution in [2.45, 2.75) is 38.6 Å². The number of nitrogens with one attached hydrogen (secondary N) is 1. The van der Waals surface area contributed by atoms with E-state index < -0.39 is 0 Å². The van der Waals surface area contributed by atoms with Crippen molar-refractivity contribution in [3.05, 3.63) is 57.6 Å². The number of nitrogens with zero attached hydrogens (tertiary/aromatic N) is 3. The summed E-state index contributed by atoms with van der Waals surface area (Å²) in [6.45, 7) is 4.06. The minimum absolute atomic E-state index is 0.00612. The highest BCUT2D eigenvalue weighted by Crippen LogP contribution is 2.35. The lowest BCUT2D eigenvalue weighted by atomic mass is 9.78. The molecule has 0 saturated heterocycles. The molecule has 1 fully saturated rings. The Morgan fingerprint density at radius 2 is 1.92 bits per heavy atom. The van der Waals surface area contributed by atoms with Crippen LogP contribution in [0.15, 0.2) is 41.2 Å². The van der Waals surface area contributed by atoms with Crippen molar-refractivity contribution in [1.82, 2.24) is 14.5 Å². The van der Waals surface area contributed by atoms with E-state index >= 15 is 0 Å². The first-order valence-electron chi connectivity index (χ1n) is 8.40. The second-order valence-corrected chi connectivity index (χ2v) is 7.30. The predicted octanol–water partition coefficient (Wildman–Crippen LogP) is 4.10. The molecule has 0 unspecified atom stereocenters. The van der Waals surface area contributed by atoms with Crippen LogP contribution in [0.3, 0.4) is 0 Å². The zero-order chi connectivity index (χ0) is 17.6. The summed E-state index contributed by atoms with van der Waals surface area (Å²) in [5, 5.41) is 4.76. The maximum absolute atomic E-state index is 12.8. The first-order chi connectivity index (χ1) is 12.0. The Balaban J connectivity index is 1.99. The van der Waals surface area contributed by atoms with Gasteiger partial charge in [-0.25, -0.2) is 14.3 Å². The van der Waals surface area contributed by atoms with E-state index in [4.69, 9.17) is 11.6 Å². The number of rotatable bonds is 3. The molecule has 0 atom stereocenters. The van der Waals surface area contributed by atoms with Crippen molar-refractivity contribution in [1.29, 1.82) is 0 Å². The third-order valence-corrected chi connectivity index (χ3v) is 5.17. The molecule has 5 nitrogen and oxygen atoms in total. The quantitative estimate of drug-likeness (QED) is 0.769. The maximum Gasteiger partial charge on any atom is 0.355 e. The van der Waals surface area contributed by atoms with Crippen molar-refractivity contribution in [3.63, 3.8) is 0 Å². The number of hydrogen-bond donors (Lipinski definition) is 1. The van der Waals surface area contributed by atoms with Gasteiger partial charge < -0.3 is 5.32 Å². The van der Waals surface area contributed by atoms with Crippen molar-refractivity contribution < 1.29 is 0 Å². The fourth-order valence-electron chi connectivity index (χ4n) is 3.26. The number of aromatic nitrogens is 3. The van der Waals surface area contributed by atoms with Crippen LogP contribution < -0.4 is 11.0 Å². The molecule has 1 aromatic carbocycles. The summed E-state index contributed by atoms with van der Waals surface area (Å²) >= 11 is 6.32. The van der Waals surface area contributed by atoms with E-state index in [2.05, 4.69) is 22.2 Å². The predicted molar refractivity (Wildman–Crippen MR) is 101 cm³/mol. The Bertz CT molecular complexity index is 1020. The normalized spacial score (nSPS) is 15.8. The van der Waals surface area contributed by atoms with Crippen molar-refractivity contribution in [2.24, 2.45) is 0 Å². The minimum atomic E-state index is -0.385. The molecule has 0 amide bonds. The molecule has 1 aliphatic carbocycles.